The first-order chi connectivity index (χ1) is 13.3. The number of para-hydroxylation sites is 1. The highest BCUT2D eigenvalue weighted by atomic mass is 19.4. The Morgan fingerprint density at radius 1 is 1.14 bits per heavy atom. The van der Waals surface area contributed by atoms with E-state index in [0.29, 0.717) is 24.1 Å². The Balaban J connectivity index is 1.75. The topological polar surface area (TPSA) is 51.1 Å². The summed E-state index contributed by atoms with van der Waals surface area (Å²) in [6.45, 7) is 0.628. The lowest BCUT2D eigenvalue weighted by atomic mass is 9.99. The first kappa shape index (κ1) is 18.2. The van der Waals surface area contributed by atoms with Gasteiger partial charge in [0.2, 0.25) is 5.43 Å². The summed E-state index contributed by atoms with van der Waals surface area (Å²) >= 11 is 0. The number of hydrogen-bond donors (Lipinski definition) is 1. The molecule has 2 aromatic carbocycles. The van der Waals surface area contributed by atoms with Gasteiger partial charge >= 0.3 is 6.18 Å². The molecule has 0 aliphatic carbocycles. The number of rotatable bonds is 2. The van der Waals surface area contributed by atoms with Crippen LogP contribution in [0.15, 0.2) is 47.4 Å². The van der Waals surface area contributed by atoms with E-state index in [9.17, 15) is 27.2 Å². The monoisotopic (exact) mass is 390 g/mol. The van der Waals surface area contributed by atoms with Gasteiger partial charge in [-0.2, -0.15) is 13.2 Å². The van der Waals surface area contributed by atoms with Gasteiger partial charge in [-0.3, -0.25) is 9.59 Å². The van der Waals surface area contributed by atoms with Crippen molar-refractivity contribution in [3.8, 4) is 0 Å². The maximum absolute atomic E-state index is 13.4. The van der Waals surface area contributed by atoms with Crippen molar-refractivity contribution >= 4 is 22.5 Å². The molecular formula is C20H14F4N2O2. The fraction of sp³-hybridized carbons (Fsp3) is 0.200. The summed E-state index contributed by atoms with van der Waals surface area (Å²) in [5.41, 5.74) is -0.612. The summed E-state index contributed by atoms with van der Waals surface area (Å²) in [7, 11) is 0. The number of aromatic nitrogens is 1. The summed E-state index contributed by atoms with van der Waals surface area (Å²) in [6.07, 6.45) is -1.79. The zero-order valence-electron chi connectivity index (χ0n) is 14.4. The lowest BCUT2D eigenvalue weighted by Gasteiger charge is -2.20. The third-order valence-electron chi connectivity index (χ3n) is 4.80. The Bertz CT molecular complexity index is 1170. The van der Waals surface area contributed by atoms with E-state index >= 15 is 0 Å². The number of anilines is 1. The molecule has 0 saturated heterocycles. The lowest BCUT2D eigenvalue weighted by molar-refractivity contribution is -0.139. The third kappa shape index (κ3) is 3.04. The molecule has 4 nitrogen and oxygen atoms in total. The standard InChI is InChI=1S/C20H14F4N2O2/c21-16-7-6-12(9-15(16)20(22,23)24)25-19(28)14-10-26-8-2-4-11-3-1-5-13(17(11)26)18(14)27/h1,3,5-7,9-10H,2,4,8H2,(H,25,28). The van der Waals surface area contributed by atoms with E-state index in [1.807, 2.05) is 10.6 Å². The van der Waals surface area contributed by atoms with Crippen LogP contribution in [-0.4, -0.2) is 10.5 Å². The summed E-state index contributed by atoms with van der Waals surface area (Å²) < 4.78 is 53.8. The average molecular weight is 390 g/mol. The van der Waals surface area contributed by atoms with Gasteiger partial charge in [-0.05, 0) is 42.7 Å². The number of carbonyl (C=O) groups is 1. The number of benzene rings is 2. The SMILES string of the molecule is O=C(Nc1ccc(F)c(C(F)(F)F)c1)c1cn2c3c(cccc3c1=O)CCC2. The normalized spacial score (nSPS) is 13.6. The van der Waals surface area contributed by atoms with E-state index in [1.165, 1.54) is 6.20 Å². The van der Waals surface area contributed by atoms with Gasteiger partial charge in [0, 0.05) is 23.8 Å². The number of hydrogen-bond acceptors (Lipinski definition) is 2. The number of aryl methyl sites for hydroxylation is 2. The zero-order chi connectivity index (χ0) is 20.1. The van der Waals surface area contributed by atoms with E-state index in [-0.39, 0.29) is 11.3 Å². The van der Waals surface area contributed by atoms with Crippen molar-refractivity contribution in [3.63, 3.8) is 0 Å². The van der Waals surface area contributed by atoms with Crippen LogP contribution >= 0.6 is 0 Å². The maximum atomic E-state index is 13.4. The van der Waals surface area contributed by atoms with Crippen LogP contribution in [-0.2, 0) is 19.1 Å². The number of carbonyl (C=O) groups excluding carboxylic acids is 1. The second kappa shape index (κ2) is 6.47. The number of alkyl halides is 3. The molecule has 0 bridgehead atoms. The molecule has 0 fully saturated rings. The minimum atomic E-state index is -4.89. The van der Waals surface area contributed by atoms with Crippen LogP contribution in [0.4, 0.5) is 23.2 Å². The Morgan fingerprint density at radius 3 is 2.68 bits per heavy atom. The number of halogens is 4. The molecule has 0 atom stereocenters. The van der Waals surface area contributed by atoms with Crippen LogP contribution in [0, 0.1) is 5.82 Å². The second-order valence-electron chi connectivity index (χ2n) is 6.63. The predicted octanol–water partition coefficient (Wildman–Crippen LogP) is 4.36. The number of nitrogens with one attached hydrogen (secondary N) is 1. The van der Waals surface area contributed by atoms with Gasteiger partial charge in [0.25, 0.3) is 5.91 Å². The van der Waals surface area contributed by atoms with E-state index < -0.39 is 28.9 Å². The molecule has 144 valence electrons. The highest BCUT2D eigenvalue weighted by Gasteiger charge is 2.34. The molecule has 3 aromatic rings. The van der Waals surface area contributed by atoms with E-state index in [2.05, 4.69) is 5.32 Å². The molecule has 1 aliphatic rings. The van der Waals surface area contributed by atoms with E-state index in [0.717, 1.165) is 30.0 Å². The van der Waals surface area contributed by atoms with Gasteiger partial charge in [0.1, 0.15) is 11.4 Å². The average Bonchev–Trinajstić information content (AvgIpc) is 2.65. The fourth-order valence-corrected chi connectivity index (χ4v) is 3.54. The molecule has 28 heavy (non-hydrogen) atoms. The van der Waals surface area contributed by atoms with Crippen molar-refractivity contribution in [2.24, 2.45) is 0 Å². The van der Waals surface area contributed by atoms with E-state index in [1.54, 1.807) is 12.1 Å². The number of amides is 1. The van der Waals surface area contributed by atoms with Crippen molar-refractivity contribution in [2.75, 3.05) is 5.32 Å². The number of pyridine rings is 1. The van der Waals surface area contributed by atoms with Crippen molar-refractivity contribution < 1.29 is 22.4 Å². The van der Waals surface area contributed by atoms with Gasteiger partial charge in [-0.25, -0.2) is 4.39 Å². The first-order valence-corrected chi connectivity index (χ1v) is 8.59. The Morgan fingerprint density at radius 2 is 1.93 bits per heavy atom. The second-order valence-corrected chi connectivity index (χ2v) is 6.63. The summed E-state index contributed by atoms with van der Waals surface area (Å²) in [6, 6.07) is 7.44. The van der Waals surface area contributed by atoms with Crippen molar-refractivity contribution in [2.45, 2.75) is 25.6 Å². The molecule has 0 spiro atoms. The molecule has 1 aliphatic heterocycles. The lowest BCUT2D eigenvalue weighted by Crippen LogP contribution is -2.25. The summed E-state index contributed by atoms with van der Waals surface area (Å²) in [5.74, 6) is -2.28. The van der Waals surface area contributed by atoms with Crippen LogP contribution in [0.2, 0.25) is 0 Å². The number of nitrogens with zero attached hydrogens (tertiary/aromatic N) is 1. The quantitative estimate of drug-likeness (QED) is 0.661. The van der Waals surface area contributed by atoms with Gasteiger partial charge in [0.05, 0.1) is 11.1 Å². The molecule has 0 unspecified atom stereocenters. The van der Waals surface area contributed by atoms with Gasteiger partial charge in [-0.1, -0.05) is 12.1 Å². The highest BCUT2D eigenvalue weighted by Crippen LogP contribution is 2.33. The maximum Gasteiger partial charge on any atom is 0.419 e. The molecule has 1 aromatic heterocycles. The Hall–Kier alpha value is -3.16. The minimum Gasteiger partial charge on any atom is -0.346 e. The molecular weight excluding hydrogens is 376 g/mol. The van der Waals surface area contributed by atoms with Crippen LogP contribution in [0.3, 0.4) is 0 Å². The summed E-state index contributed by atoms with van der Waals surface area (Å²) in [4.78, 5) is 25.4. The first-order valence-electron chi connectivity index (χ1n) is 8.59. The van der Waals surface area contributed by atoms with Crippen LogP contribution < -0.4 is 10.7 Å². The van der Waals surface area contributed by atoms with Gasteiger partial charge < -0.3 is 9.88 Å². The third-order valence-corrected chi connectivity index (χ3v) is 4.80. The van der Waals surface area contributed by atoms with Gasteiger partial charge in [-0.15, -0.1) is 0 Å². The molecule has 2 heterocycles. The molecule has 0 radical (unpaired) electrons. The van der Waals surface area contributed by atoms with Crippen molar-refractivity contribution in [1.82, 2.24) is 4.57 Å². The highest BCUT2D eigenvalue weighted by molar-refractivity contribution is 6.06. The van der Waals surface area contributed by atoms with Gasteiger partial charge in [0.15, 0.2) is 0 Å². The Labute approximate surface area is 156 Å². The van der Waals surface area contributed by atoms with Crippen LogP contribution in [0.25, 0.3) is 10.9 Å². The fourth-order valence-electron chi connectivity index (χ4n) is 3.54. The molecule has 0 saturated carbocycles. The van der Waals surface area contributed by atoms with Crippen LogP contribution in [0.5, 0.6) is 0 Å². The molecule has 1 amide bonds. The zero-order valence-corrected chi connectivity index (χ0v) is 14.4. The molecule has 8 heteroatoms. The molecule has 4 rings (SSSR count). The predicted molar refractivity (Wildman–Crippen MR) is 95.9 cm³/mol. The largest absolute Gasteiger partial charge is 0.419 e. The minimum absolute atomic E-state index is 0.176. The van der Waals surface area contributed by atoms with Crippen molar-refractivity contribution in [3.05, 3.63) is 75.3 Å². The summed E-state index contributed by atoms with van der Waals surface area (Å²) in [5, 5.41) is 2.66. The van der Waals surface area contributed by atoms with Crippen molar-refractivity contribution in [1.29, 1.82) is 0 Å². The Kier molecular flexibility index (Phi) is 4.21. The van der Waals surface area contributed by atoms with Crippen LogP contribution in [0.1, 0.15) is 27.9 Å². The van der Waals surface area contributed by atoms with E-state index in [4.69, 9.17) is 0 Å². The molecule has 1 N–H and O–H groups in total. The smallest absolute Gasteiger partial charge is 0.346 e.